The van der Waals surface area contributed by atoms with E-state index in [1.807, 2.05) is 20.8 Å². The number of unbranched alkanes of at least 4 members (excludes halogenated alkanes) is 1. The van der Waals surface area contributed by atoms with Gasteiger partial charge in [0.25, 0.3) is 0 Å². The molecule has 1 N–H and O–H groups in total. The Morgan fingerprint density at radius 3 is 2.20 bits per heavy atom. The minimum atomic E-state index is -0.0302. The van der Waals surface area contributed by atoms with Crippen LogP contribution in [0.3, 0.4) is 0 Å². The van der Waals surface area contributed by atoms with Crippen molar-refractivity contribution in [1.29, 1.82) is 0 Å². The van der Waals surface area contributed by atoms with Gasteiger partial charge in [-0.15, -0.1) is 0 Å². The fourth-order valence-electron chi connectivity index (χ4n) is 1.29. The fraction of sp³-hybridized carbons (Fsp3) is 0.818. The van der Waals surface area contributed by atoms with E-state index in [2.05, 4.69) is 5.32 Å². The average molecular weight is 214 g/mol. The number of nitrogens with one attached hydrogen (secondary N) is 1. The third kappa shape index (κ3) is 6.10. The second-order valence-corrected chi connectivity index (χ2v) is 3.45. The highest BCUT2D eigenvalue weighted by molar-refractivity contribution is 5.84. The molecule has 0 aromatic rings. The van der Waals surface area contributed by atoms with E-state index in [4.69, 9.17) is 0 Å². The summed E-state index contributed by atoms with van der Waals surface area (Å²) < 4.78 is 0. The van der Waals surface area contributed by atoms with Crippen molar-refractivity contribution in [2.75, 3.05) is 19.6 Å². The van der Waals surface area contributed by atoms with E-state index < -0.39 is 0 Å². The van der Waals surface area contributed by atoms with Crippen LogP contribution < -0.4 is 5.32 Å². The van der Waals surface area contributed by atoms with Crippen molar-refractivity contribution in [1.82, 2.24) is 10.2 Å². The first-order chi connectivity index (χ1) is 7.15. The van der Waals surface area contributed by atoms with E-state index in [9.17, 15) is 9.59 Å². The summed E-state index contributed by atoms with van der Waals surface area (Å²) in [6.45, 7) is 7.42. The van der Waals surface area contributed by atoms with Crippen LogP contribution in [-0.2, 0) is 9.59 Å². The summed E-state index contributed by atoms with van der Waals surface area (Å²) in [4.78, 5) is 24.4. The van der Waals surface area contributed by atoms with E-state index in [1.165, 1.54) is 0 Å². The summed E-state index contributed by atoms with van der Waals surface area (Å²) in [6.07, 6.45) is 2.39. The standard InChI is InChI=1S/C11H22N2O2/c1-4-7-8-10(14)12-9-11(15)13(5-2)6-3/h4-9H2,1-3H3,(H,12,14). The van der Waals surface area contributed by atoms with Crippen molar-refractivity contribution in [2.45, 2.75) is 40.0 Å². The molecule has 0 aromatic carbocycles. The van der Waals surface area contributed by atoms with Crippen molar-refractivity contribution >= 4 is 11.8 Å². The Balaban J connectivity index is 3.74. The second-order valence-electron chi connectivity index (χ2n) is 3.45. The molecule has 0 aliphatic carbocycles. The zero-order valence-corrected chi connectivity index (χ0v) is 10.0. The summed E-state index contributed by atoms with van der Waals surface area (Å²) in [5.74, 6) is -0.0396. The number of hydrogen-bond acceptors (Lipinski definition) is 2. The quantitative estimate of drug-likeness (QED) is 0.691. The molecule has 0 rings (SSSR count). The van der Waals surface area contributed by atoms with Crippen LogP contribution in [0.25, 0.3) is 0 Å². The maximum atomic E-state index is 11.5. The van der Waals surface area contributed by atoms with Gasteiger partial charge < -0.3 is 10.2 Å². The number of amides is 2. The lowest BCUT2D eigenvalue weighted by atomic mass is 10.2. The van der Waals surface area contributed by atoms with Gasteiger partial charge in [-0.25, -0.2) is 0 Å². The topological polar surface area (TPSA) is 49.4 Å². The molecule has 0 spiro atoms. The molecule has 0 radical (unpaired) electrons. The van der Waals surface area contributed by atoms with Crippen LogP contribution in [0.2, 0.25) is 0 Å². The van der Waals surface area contributed by atoms with Gasteiger partial charge >= 0.3 is 0 Å². The Hall–Kier alpha value is -1.06. The average Bonchev–Trinajstić information content (AvgIpc) is 2.25. The highest BCUT2D eigenvalue weighted by atomic mass is 16.2. The van der Waals surface area contributed by atoms with Gasteiger partial charge in [0.15, 0.2) is 0 Å². The molecule has 0 heterocycles. The maximum Gasteiger partial charge on any atom is 0.241 e. The highest BCUT2D eigenvalue weighted by Gasteiger charge is 2.10. The molecular formula is C11H22N2O2. The predicted octanol–water partition coefficient (Wildman–Crippen LogP) is 1.16. The summed E-state index contributed by atoms with van der Waals surface area (Å²) in [5.41, 5.74) is 0. The maximum absolute atomic E-state index is 11.5. The molecule has 0 unspecified atom stereocenters. The van der Waals surface area contributed by atoms with Gasteiger partial charge in [-0.05, 0) is 20.3 Å². The van der Waals surface area contributed by atoms with Crippen molar-refractivity contribution in [3.8, 4) is 0 Å². The zero-order chi connectivity index (χ0) is 11.7. The molecule has 4 heteroatoms. The molecular weight excluding hydrogens is 192 g/mol. The van der Waals surface area contributed by atoms with Gasteiger partial charge in [0.05, 0.1) is 6.54 Å². The normalized spacial score (nSPS) is 9.80. The molecule has 0 bridgehead atoms. The molecule has 88 valence electrons. The van der Waals surface area contributed by atoms with Crippen LogP contribution in [0, 0.1) is 0 Å². The largest absolute Gasteiger partial charge is 0.347 e. The van der Waals surface area contributed by atoms with Gasteiger partial charge in [0.2, 0.25) is 11.8 Å². The smallest absolute Gasteiger partial charge is 0.241 e. The molecule has 4 nitrogen and oxygen atoms in total. The van der Waals surface area contributed by atoms with Crippen LogP contribution in [0.1, 0.15) is 40.0 Å². The Labute approximate surface area is 92.0 Å². The summed E-state index contributed by atoms with van der Waals surface area (Å²) in [5, 5.41) is 2.64. The number of nitrogens with zero attached hydrogens (tertiary/aromatic N) is 1. The lowest BCUT2D eigenvalue weighted by Gasteiger charge is -2.18. The van der Waals surface area contributed by atoms with E-state index in [-0.39, 0.29) is 18.4 Å². The lowest BCUT2D eigenvalue weighted by molar-refractivity contribution is -0.132. The minimum Gasteiger partial charge on any atom is -0.347 e. The Bertz CT molecular complexity index is 201. The van der Waals surface area contributed by atoms with Gasteiger partial charge in [0.1, 0.15) is 0 Å². The van der Waals surface area contributed by atoms with Crippen molar-refractivity contribution in [3.05, 3.63) is 0 Å². The van der Waals surface area contributed by atoms with E-state index in [0.29, 0.717) is 19.5 Å². The molecule has 15 heavy (non-hydrogen) atoms. The van der Waals surface area contributed by atoms with Crippen LogP contribution >= 0.6 is 0 Å². The summed E-state index contributed by atoms with van der Waals surface area (Å²) in [6, 6.07) is 0. The second kappa shape index (κ2) is 8.26. The molecule has 0 fully saturated rings. The van der Waals surface area contributed by atoms with Gasteiger partial charge in [-0.3, -0.25) is 9.59 Å². The lowest BCUT2D eigenvalue weighted by Crippen LogP contribution is -2.39. The summed E-state index contributed by atoms with van der Waals surface area (Å²) >= 11 is 0. The number of carbonyl (C=O) groups is 2. The zero-order valence-electron chi connectivity index (χ0n) is 10.0. The van der Waals surface area contributed by atoms with Gasteiger partial charge in [-0.1, -0.05) is 13.3 Å². The number of carbonyl (C=O) groups excluding carboxylic acids is 2. The van der Waals surface area contributed by atoms with Crippen LogP contribution in [0.4, 0.5) is 0 Å². The van der Waals surface area contributed by atoms with Crippen LogP contribution in [0.5, 0.6) is 0 Å². The Morgan fingerprint density at radius 1 is 1.13 bits per heavy atom. The van der Waals surface area contributed by atoms with Crippen LogP contribution in [0.15, 0.2) is 0 Å². The minimum absolute atomic E-state index is 0.00940. The van der Waals surface area contributed by atoms with Gasteiger partial charge in [-0.2, -0.15) is 0 Å². The van der Waals surface area contributed by atoms with Crippen molar-refractivity contribution < 1.29 is 9.59 Å². The molecule has 2 amide bonds. The first-order valence-corrected chi connectivity index (χ1v) is 5.70. The predicted molar refractivity (Wildman–Crippen MR) is 60.5 cm³/mol. The molecule has 0 saturated carbocycles. The molecule has 0 aliphatic heterocycles. The van der Waals surface area contributed by atoms with E-state index in [0.717, 1.165) is 12.8 Å². The Morgan fingerprint density at radius 2 is 1.73 bits per heavy atom. The van der Waals surface area contributed by atoms with E-state index in [1.54, 1.807) is 4.90 Å². The van der Waals surface area contributed by atoms with Crippen molar-refractivity contribution in [3.63, 3.8) is 0 Å². The van der Waals surface area contributed by atoms with Gasteiger partial charge in [0, 0.05) is 19.5 Å². The Kier molecular flexibility index (Phi) is 7.68. The monoisotopic (exact) mass is 214 g/mol. The number of rotatable bonds is 7. The number of likely N-dealkylation sites (N-methyl/N-ethyl adjacent to an activating group) is 1. The van der Waals surface area contributed by atoms with E-state index >= 15 is 0 Å². The molecule has 0 saturated heterocycles. The highest BCUT2D eigenvalue weighted by Crippen LogP contribution is 1.93. The third-order valence-electron chi connectivity index (χ3n) is 2.31. The first-order valence-electron chi connectivity index (χ1n) is 5.70. The first kappa shape index (κ1) is 13.9. The molecule has 0 atom stereocenters. The third-order valence-corrected chi connectivity index (χ3v) is 2.31. The van der Waals surface area contributed by atoms with Crippen molar-refractivity contribution in [2.24, 2.45) is 0 Å². The van der Waals surface area contributed by atoms with Crippen LogP contribution in [-0.4, -0.2) is 36.3 Å². The number of hydrogen-bond donors (Lipinski definition) is 1. The summed E-state index contributed by atoms with van der Waals surface area (Å²) in [7, 11) is 0. The molecule has 0 aromatic heterocycles. The fourth-order valence-corrected chi connectivity index (χ4v) is 1.29. The molecule has 0 aliphatic rings. The SMILES string of the molecule is CCCCC(=O)NCC(=O)N(CC)CC.